The molecule has 0 aliphatic heterocycles. The third-order valence-electron chi connectivity index (χ3n) is 3.45. The Morgan fingerprint density at radius 1 is 1.29 bits per heavy atom. The molecule has 5 nitrogen and oxygen atoms in total. The fourth-order valence-corrected chi connectivity index (χ4v) is 2.32. The number of aryl methyl sites for hydroxylation is 2. The van der Waals surface area contributed by atoms with Crippen molar-refractivity contribution >= 4 is 5.69 Å². The van der Waals surface area contributed by atoms with Gasteiger partial charge < -0.3 is 5.73 Å². The Balaban J connectivity index is 2.17. The molecule has 6 heteroatoms. The van der Waals surface area contributed by atoms with E-state index in [0.717, 1.165) is 12.8 Å². The molecule has 0 aliphatic rings. The molecule has 114 valence electrons. The third-order valence-corrected chi connectivity index (χ3v) is 3.45. The Morgan fingerprint density at radius 3 is 2.76 bits per heavy atom. The summed E-state index contributed by atoms with van der Waals surface area (Å²) in [6, 6.07) is 3.19. The summed E-state index contributed by atoms with van der Waals surface area (Å²) in [6.45, 7) is 6.77. The fourth-order valence-electron chi connectivity index (χ4n) is 2.32. The number of nitrogens with zero attached hydrogens (tertiary/aromatic N) is 4. The molecule has 0 amide bonds. The summed E-state index contributed by atoms with van der Waals surface area (Å²) in [6.07, 6.45) is 3.25. The van der Waals surface area contributed by atoms with E-state index in [2.05, 4.69) is 29.4 Å². The summed E-state index contributed by atoms with van der Waals surface area (Å²) in [7, 11) is 0. The molecular weight excluding hydrogens is 269 g/mol. The molecule has 0 unspecified atom stereocenters. The van der Waals surface area contributed by atoms with E-state index in [1.165, 1.54) is 6.42 Å². The van der Waals surface area contributed by atoms with Crippen molar-refractivity contribution in [1.82, 2.24) is 20.2 Å². The van der Waals surface area contributed by atoms with Gasteiger partial charge in [0.15, 0.2) is 5.82 Å². The summed E-state index contributed by atoms with van der Waals surface area (Å²) in [5.41, 5.74) is 7.17. The van der Waals surface area contributed by atoms with Gasteiger partial charge in [-0.3, -0.25) is 0 Å². The summed E-state index contributed by atoms with van der Waals surface area (Å²) in [5.74, 6) is 0.808. The minimum Gasteiger partial charge on any atom is -0.399 e. The van der Waals surface area contributed by atoms with Gasteiger partial charge in [0.25, 0.3) is 0 Å². The molecule has 0 atom stereocenters. The highest BCUT2D eigenvalue weighted by Gasteiger charge is 2.15. The largest absolute Gasteiger partial charge is 0.399 e. The van der Waals surface area contributed by atoms with Gasteiger partial charge in [-0.15, -0.1) is 5.10 Å². The molecule has 1 aromatic carbocycles. The number of anilines is 1. The average molecular weight is 291 g/mol. The Labute approximate surface area is 124 Å². The van der Waals surface area contributed by atoms with E-state index in [1.54, 1.807) is 23.7 Å². The monoisotopic (exact) mass is 291 g/mol. The van der Waals surface area contributed by atoms with Crippen LogP contribution in [0.25, 0.3) is 11.4 Å². The SMILES string of the molecule is Cc1cc(N)cc(-c2nnnn2CCCCC(C)C)c1F. The van der Waals surface area contributed by atoms with E-state index >= 15 is 0 Å². The second-order valence-electron chi connectivity index (χ2n) is 5.81. The minimum absolute atomic E-state index is 0.317. The lowest BCUT2D eigenvalue weighted by Crippen LogP contribution is -2.05. The molecule has 0 radical (unpaired) electrons. The number of nitrogen functional groups attached to an aromatic ring is 1. The van der Waals surface area contributed by atoms with E-state index in [4.69, 9.17) is 5.73 Å². The zero-order chi connectivity index (χ0) is 15.4. The quantitative estimate of drug-likeness (QED) is 0.655. The van der Waals surface area contributed by atoms with E-state index in [-0.39, 0.29) is 5.82 Å². The minimum atomic E-state index is -0.317. The van der Waals surface area contributed by atoms with Gasteiger partial charge in [0, 0.05) is 12.2 Å². The van der Waals surface area contributed by atoms with Crippen LogP contribution in [0.3, 0.4) is 0 Å². The van der Waals surface area contributed by atoms with E-state index < -0.39 is 0 Å². The van der Waals surface area contributed by atoms with E-state index in [9.17, 15) is 4.39 Å². The molecule has 0 saturated heterocycles. The molecule has 1 aromatic heterocycles. The molecule has 0 bridgehead atoms. The molecule has 21 heavy (non-hydrogen) atoms. The van der Waals surface area contributed by atoms with Crippen molar-refractivity contribution in [3.8, 4) is 11.4 Å². The van der Waals surface area contributed by atoms with Crippen LogP contribution in [0, 0.1) is 18.7 Å². The molecule has 2 aromatic rings. The van der Waals surface area contributed by atoms with Crippen LogP contribution in [0.5, 0.6) is 0 Å². The first-order chi connectivity index (χ1) is 9.99. The van der Waals surface area contributed by atoms with E-state index in [1.807, 2.05) is 0 Å². The molecule has 0 fully saturated rings. The maximum Gasteiger partial charge on any atom is 0.185 e. The summed E-state index contributed by atoms with van der Waals surface area (Å²) >= 11 is 0. The van der Waals surface area contributed by atoms with Crippen molar-refractivity contribution in [1.29, 1.82) is 0 Å². The van der Waals surface area contributed by atoms with Crippen molar-refractivity contribution in [2.24, 2.45) is 5.92 Å². The summed E-state index contributed by atoms with van der Waals surface area (Å²) in [4.78, 5) is 0. The van der Waals surface area contributed by atoms with Crippen molar-refractivity contribution in [3.63, 3.8) is 0 Å². The number of nitrogens with two attached hydrogens (primary N) is 1. The molecule has 0 aliphatic carbocycles. The number of hydrogen-bond acceptors (Lipinski definition) is 4. The topological polar surface area (TPSA) is 69.6 Å². The van der Waals surface area contributed by atoms with Crippen LogP contribution in [0.2, 0.25) is 0 Å². The summed E-state index contributed by atoms with van der Waals surface area (Å²) < 4.78 is 15.9. The van der Waals surface area contributed by atoms with Gasteiger partial charge in [-0.25, -0.2) is 9.07 Å². The summed E-state index contributed by atoms with van der Waals surface area (Å²) in [5, 5.41) is 11.6. The molecule has 0 saturated carbocycles. The highest BCUT2D eigenvalue weighted by molar-refractivity contribution is 5.63. The van der Waals surface area contributed by atoms with Crippen LogP contribution in [0.15, 0.2) is 12.1 Å². The number of halogens is 1. The smallest absolute Gasteiger partial charge is 0.185 e. The first kappa shape index (κ1) is 15.4. The number of hydrogen-bond donors (Lipinski definition) is 1. The molecular formula is C15H22FN5. The first-order valence-electron chi connectivity index (χ1n) is 7.31. The van der Waals surface area contributed by atoms with Crippen LogP contribution < -0.4 is 5.73 Å². The van der Waals surface area contributed by atoms with Gasteiger partial charge in [0.1, 0.15) is 5.82 Å². The Bertz CT molecular complexity index is 606. The Hall–Kier alpha value is -1.98. The number of tetrazole rings is 1. The highest BCUT2D eigenvalue weighted by atomic mass is 19.1. The van der Waals surface area contributed by atoms with Gasteiger partial charge in [-0.2, -0.15) is 0 Å². The Kier molecular flexibility index (Phi) is 4.88. The van der Waals surface area contributed by atoms with Crippen LogP contribution in [0.1, 0.15) is 38.7 Å². The van der Waals surface area contributed by atoms with Gasteiger partial charge in [0.05, 0.1) is 5.56 Å². The third kappa shape index (κ3) is 3.77. The number of benzene rings is 1. The lowest BCUT2D eigenvalue weighted by atomic mass is 10.1. The lowest BCUT2D eigenvalue weighted by molar-refractivity contribution is 0.487. The second-order valence-corrected chi connectivity index (χ2v) is 5.81. The second kappa shape index (κ2) is 6.65. The first-order valence-corrected chi connectivity index (χ1v) is 7.31. The molecule has 1 heterocycles. The van der Waals surface area contributed by atoms with Crippen molar-refractivity contribution in [3.05, 3.63) is 23.5 Å². The fraction of sp³-hybridized carbons (Fsp3) is 0.533. The predicted molar refractivity (Wildman–Crippen MR) is 81.0 cm³/mol. The zero-order valence-electron chi connectivity index (χ0n) is 12.8. The number of aromatic nitrogens is 4. The number of rotatable bonds is 6. The predicted octanol–water partition coefficient (Wildman–Crippen LogP) is 3.20. The zero-order valence-corrected chi connectivity index (χ0v) is 12.8. The normalized spacial score (nSPS) is 11.3. The van der Waals surface area contributed by atoms with Crippen LogP contribution >= 0.6 is 0 Å². The maximum absolute atomic E-state index is 14.3. The van der Waals surface area contributed by atoms with Gasteiger partial charge in [-0.05, 0) is 47.4 Å². The van der Waals surface area contributed by atoms with Crippen LogP contribution in [0.4, 0.5) is 10.1 Å². The Morgan fingerprint density at radius 2 is 2.05 bits per heavy atom. The van der Waals surface area contributed by atoms with Crippen molar-refractivity contribution in [2.45, 2.75) is 46.6 Å². The average Bonchev–Trinajstić information content (AvgIpc) is 2.87. The van der Waals surface area contributed by atoms with Crippen LogP contribution in [-0.4, -0.2) is 20.2 Å². The van der Waals surface area contributed by atoms with Gasteiger partial charge >= 0.3 is 0 Å². The maximum atomic E-state index is 14.3. The van der Waals surface area contributed by atoms with E-state index in [0.29, 0.717) is 35.1 Å². The van der Waals surface area contributed by atoms with Gasteiger partial charge in [-0.1, -0.05) is 26.7 Å². The lowest BCUT2D eigenvalue weighted by Gasteiger charge is -2.09. The van der Waals surface area contributed by atoms with Crippen molar-refractivity contribution < 1.29 is 4.39 Å². The van der Waals surface area contributed by atoms with Crippen LogP contribution in [-0.2, 0) is 6.54 Å². The highest BCUT2D eigenvalue weighted by Crippen LogP contribution is 2.25. The molecule has 2 rings (SSSR count). The molecule has 2 N–H and O–H groups in total. The van der Waals surface area contributed by atoms with Gasteiger partial charge in [0.2, 0.25) is 0 Å². The molecule has 0 spiro atoms. The van der Waals surface area contributed by atoms with Crippen molar-refractivity contribution in [2.75, 3.05) is 5.73 Å². The number of unbranched alkanes of at least 4 members (excludes halogenated alkanes) is 1. The standard InChI is InChI=1S/C15H22FN5/c1-10(2)6-4-5-7-21-15(18-19-20-21)13-9-12(17)8-11(3)14(13)16/h8-10H,4-7,17H2,1-3H3.